The summed E-state index contributed by atoms with van der Waals surface area (Å²) in [5.41, 5.74) is 1.33. The molecule has 0 radical (unpaired) electrons. The van der Waals surface area contributed by atoms with Gasteiger partial charge in [0, 0.05) is 5.56 Å². The zero-order valence-electron chi connectivity index (χ0n) is 12.7. The molecule has 1 aliphatic rings. The fraction of sp³-hybridized carbons (Fsp3) is 0.389. The molecule has 1 aromatic rings. The number of carbonyl (C=O) groups is 1. The number of methoxy groups -OCH3 is 1. The number of esters is 1. The number of allylic oxidation sites excluding steroid dienone is 2. The first-order valence-electron chi connectivity index (χ1n) is 7.31. The lowest BCUT2D eigenvalue weighted by Gasteiger charge is -2.30. The zero-order chi connectivity index (χ0) is 15.3. The average molecular weight is 286 g/mol. The van der Waals surface area contributed by atoms with E-state index in [4.69, 9.17) is 9.47 Å². The normalized spacial score (nSPS) is 20.8. The van der Waals surface area contributed by atoms with E-state index in [1.165, 1.54) is 0 Å². The molecule has 21 heavy (non-hydrogen) atoms. The summed E-state index contributed by atoms with van der Waals surface area (Å²) in [6, 6.07) is 7.80. The lowest BCUT2D eigenvalue weighted by molar-refractivity contribution is -0.151. The van der Waals surface area contributed by atoms with Crippen molar-refractivity contribution in [3.8, 4) is 5.75 Å². The van der Waals surface area contributed by atoms with Gasteiger partial charge in [-0.3, -0.25) is 4.79 Å². The van der Waals surface area contributed by atoms with Crippen LogP contribution in [0.25, 0.3) is 5.57 Å². The number of hydrogen-bond acceptors (Lipinski definition) is 3. The SMILES string of the molecule is C=CCC1(C(=O)OCC)CCC=C1c1ccccc1OC. The van der Waals surface area contributed by atoms with E-state index < -0.39 is 5.41 Å². The van der Waals surface area contributed by atoms with E-state index in [0.29, 0.717) is 13.0 Å². The molecular formula is C18H22O3. The lowest BCUT2D eigenvalue weighted by atomic mass is 9.75. The van der Waals surface area contributed by atoms with E-state index in [2.05, 4.69) is 12.7 Å². The molecule has 1 atom stereocenters. The molecule has 3 heteroatoms. The largest absolute Gasteiger partial charge is 0.496 e. The lowest BCUT2D eigenvalue weighted by Crippen LogP contribution is -2.32. The van der Waals surface area contributed by atoms with Crippen molar-refractivity contribution in [1.82, 2.24) is 0 Å². The van der Waals surface area contributed by atoms with E-state index >= 15 is 0 Å². The summed E-state index contributed by atoms with van der Waals surface area (Å²) in [5.74, 6) is 0.614. The van der Waals surface area contributed by atoms with Crippen LogP contribution in [-0.2, 0) is 9.53 Å². The summed E-state index contributed by atoms with van der Waals surface area (Å²) in [5, 5.41) is 0. The predicted molar refractivity (Wildman–Crippen MR) is 84.1 cm³/mol. The Kier molecular flexibility index (Phi) is 4.84. The van der Waals surface area contributed by atoms with E-state index in [-0.39, 0.29) is 5.97 Å². The highest BCUT2D eigenvalue weighted by molar-refractivity contribution is 5.95. The van der Waals surface area contributed by atoms with Gasteiger partial charge in [0.15, 0.2) is 0 Å². The van der Waals surface area contributed by atoms with Crippen molar-refractivity contribution in [3.05, 3.63) is 48.6 Å². The van der Waals surface area contributed by atoms with Crippen molar-refractivity contribution in [3.63, 3.8) is 0 Å². The third kappa shape index (κ3) is 2.73. The molecule has 0 aliphatic heterocycles. The molecule has 0 saturated carbocycles. The molecule has 0 fully saturated rings. The average Bonchev–Trinajstić information content (AvgIpc) is 2.92. The molecule has 0 heterocycles. The van der Waals surface area contributed by atoms with Crippen LogP contribution in [0, 0.1) is 5.41 Å². The Balaban J connectivity index is 2.49. The third-order valence-corrected chi connectivity index (χ3v) is 3.99. The molecule has 1 aromatic carbocycles. The minimum absolute atomic E-state index is 0.167. The van der Waals surface area contributed by atoms with Gasteiger partial charge in [-0.1, -0.05) is 30.4 Å². The third-order valence-electron chi connectivity index (χ3n) is 3.99. The zero-order valence-corrected chi connectivity index (χ0v) is 12.7. The molecule has 2 rings (SSSR count). The predicted octanol–water partition coefficient (Wildman–Crippen LogP) is 4.00. The van der Waals surface area contributed by atoms with E-state index in [0.717, 1.165) is 29.7 Å². The van der Waals surface area contributed by atoms with Crippen LogP contribution < -0.4 is 4.74 Å². The van der Waals surface area contributed by atoms with Crippen molar-refractivity contribution in [1.29, 1.82) is 0 Å². The Hall–Kier alpha value is -2.03. The van der Waals surface area contributed by atoms with Gasteiger partial charge in [-0.15, -0.1) is 6.58 Å². The Labute approximate surface area is 126 Å². The summed E-state index contributed by atoms with van der Waals surface area (Å²) in [6.07, 6.45) is 6.12. The second-order valence-electron chi connectivity index (χ2n) is 5.15. The van der Waals surface area contributed by atoms with Gasteiger partial charge in [0.05, 0.1) is 19.1 Å². The summed E-state index contributed by atoms with van der Waals surface area (Å²) in [7, 11) is 1.65. The van der Waals surface area contributed by atoms with Gasteiger partial charge in [0.25, 0.3) is 0 Å². The molecular weight excluding hydrogens is 264 g/mol. The summed E-state index contributed by atoms with van der Waals surface area (Å²) in [6.45, 7) is 6.04. The van der Waals surface area contributed by atoms with Crippen molar-refractivity contribution < 1.29 is 14.3 Å². The number of benzene rings is 1. The van der Waals surface area contributed by atoms with Crippen LogP contribution in [0.15, 0.2) is 43.0 Å². The van der Waals surface area contributed by atoms with Crippen LogP contribution in [0.5, 0.6) is 5.75 Å². The Bertz CT molecular complexity index is 559. The fourth-order valence-electron chi connectivity index (χ4n) is 3.05. The Morgan fingerprint density at radius 1 is 1.43 bits per heavy atom. The molecule has 0 spiro atoms. The van der Waals surface area contributed by atoms with Crippen LogP contribution in [0.2, 0.25) is 0 Å². The molecule has 0 bridgehead atoms. The summed E-state index contributed by atoms with van der Waals surface area (Å²) >= 11 is 0. The molecule has 0 saturated heterocycles. The second-order valence-corrected chi connectivity index (χ2v) is 5.15. The van der Waals surface area contributed by atoms with E-state index in [9.17, 15) is 4.79 Å². The first-order chi connectivity index (χ1) is 10.2. The van der Waals surface area contributed by atoms with Gasteiger partial charge in [-0.25, -0.2) is 0 Å². The van der Waals surface area contributed by atoms with Crippen LogP contribution in [0.4, 0.5) is 0 Å². The van der Waals surface area contributed by atoms with Gasteiger partial charge >= 0.3 is 5.97 Å². The Morgan fingerprint density at radius 3 is 2.86 bits per heavy atom. The Morgan fingerprint density at radius 2 is 2.19 bits per heavy atom. The molecule has 0 amide bonds. The topological polar surface area (TPSA) is 35.5 Å². The number of hydrogen-bond donors (Lipinski definition) is 0. The second kappa shape index (κ2) is 6.61. The first kappa shape index (κ1) is 15.4. The number of rotatable bonds is 6. The standard InChI is InChI=1S/C18H22O3/c1-4-12-18(17(19)21-5-2)13-8-10-15(18)14-9-6-7-11-16(14)20-3/h4,6-7,9-11H,1,5,8,12-13H2,2-3H3. The maximum atomic E-state index is 12.6. The monoisotopic (exact) mass is 286 g/mol. The van der Waals surface area contributed by atoms with Gasteiger partial charge < -0.3 is 9.47 Å². The van der Waals surface area contributed by atoms with E-state index in [1.54, 1.807) is 13.2 Å². The van der Waals surface area contributed by atoms with Crippen molar-refractivity contribution in [2.75, 3.05) is 13.7 Å². The highest BCUT2D eigenvalue weighted by Crippen LogP contribution is 2.50. The van der Waals surface area contributed by atoms with Crippen LogP contribution in [-0.4, -0.2) is 19.7 Å². The van der Waals surface area contributed by atoms with Crippen molar-refractivity contribution in [2.24, 2.45) is 5.41 Å². The molecule has 0 N–H and O–H groups in total. The minimum atomic E-state index is -0.633. The van der Waals surface area contributed by atoms with Gasteiger partial charge in [-0.05, 0) is 37.8 Å². The van der Waals surface area contributed by atoms with Crippen molar-refractivity contribution >= 4 is 11.5 Å². The fourth-order valence-corrected chi connectivity index (χ4v) is 3.05. The summed E-state index contributed by atoms with van der Waals surface area (Å²) < 4.78 is 10.8. The van der Waals surface area contributed by atoms with Gasteiger partial charge in [0.2, 0.25) is 0 Å². The number of ether oxygens (including phenoxy) is 2. The maximum Gasteiger partial charge on any atom is 0.316 e. The van der Waals surface area contributed by atoms with Crippen LogP contribution in [0.3, 0.4) is 0 Å². The van der Waals surface area contributed by atoms with Crippen LogP contribution in [0.1, 0.15) is 31.7 Å². The number of carbonyl (C=O) groups excluding carboxylic acids is 1. The smallest absolute Gasteiger partial charge is 0.316 e. The van der Waals surface area contributed by atoms with Crippen LogP contribution >= 0.6 is 0 Å². The molecule has 3 nitrogen and oxygen atoms in total. The highest BCUT2D eigenvalue weighted by atomic mass is 16.5. The van der Waals surface area contributed by atoms with Gasteiger partial charge in [0.1, 0.15) is 5.75 Å². The molecule has 1 unspecified atom stereocenters. The molecule has 112 valence electrons. The minimum Gasteiger partial charge on any atom is -0.496 e. The maximum absolute atomic E-state index is 12.6. The number of para-hydroxylation sites is 1. The first-order valence-corrected chi connectivity index (χ1v) is 7.31. The molecule has 1 aliphatic carbocycles. The van der Waals surface area contributed by atoms with Crippen molar-refractivity contribution in [2.45, 2.75) is 26.2 Å². The van der Waals surface area contributed by atoms with E-state index in [1.807, 2.05) is 31.2 Å². The quantitative estimate of drug-likeness (QED) is 0.586. The summed E-state index contributed by atoms with van der Waals surface area (Å²) in [4.78, 5) is 12.6. The van der Waals surface area contributed by atoms with Gasteiger partial charge in [-0.2, -0.15) is 0 Å². The molecule has 0 aromatic heterocycles. The highest BCUT2D eigenvalue weighted by Gasteiger charge is 2.45.